The molecule has 188 valence electrons. The summed E-state index contributed by atoms with van der Waals surface area (Å²) in [7, 11) is -2.52. The molecule has 1 fully saturated rings. The van der Waals surface area contributed by atoms with Crippen molar-refractivity contribution in [3.63, 3.8) is 0 Å². The molecule has 0 atom stereocenters. The second-order valence-corrected chi connectivity index (χ2v) is 11.7. The molecule has 0 unspecified atom stereocenters. The van der Waals surface area contributed by atoms with E-state index in [0.29, 0.717) is 42.4 Å². The zero-order valence-electron chi connectivity index (χ0n) is 20.2. The predicted molar refractivity (Wildman–Crippen MR) is 144 cm³/mol. The van der Waals surface area contributed by atoms with Crippen LogP contribution in [0.4, 0.5) is 17.1 Å². The third-order valence-electron chi connectivity index (χ3n) is 6.71. The predicted octanol–water partition coefficient (Wildman–Crippen LogP) is 4.34. The molecule has 0 radical (unpaired) electrons. The molecule has 0 saturated carbocycles. The maximum absolute atomic E-state index is 13.3. The number of pyridine rings is 1. The van der Waals surface area contributed by atoms with E-state index in [1.165, 1.54) is 0 Å². The van der Waals surface area contributed by atoms with E-state index in [2.05, 4.69) is 10.3 Å². The molecule has 0 spiro atoms. The normalized spacial score (nSPS) is 17.4. The molecule has 36 heavy (non-hydrogen) atoms. The Kier molecular flexibility index (Phi) is 6.70. The number of carbonyl (C=O) groups excluding carboxylic acids is 2. The number of benzene rings is 2. The quantitative estimate of drug-likeness (QED) is 0.475. The van der Waals surface area contributed by atoms with Gasteiger partial charge in [0.1, 0.15) is 0 Å². The second kappa shape index (κ2) is 9.93. The highest BCUT2D eigenvalue weighted by molar-refractivity contribution is 8.24. The number of carbonyl (C=O) groups is 2. The van der Waals surface area contributed by atoms with Gasteiger partial charge in [0.25, 0.3) is 5.91 Å². The van der Waals surface area contributed by atoms with Crippen molar-refractivity contribution >= 4 is 39.5 Å². The molecule has 2 aliphatic rings. The van der Waals surface area contributed by atoms with Crippen molar-refractivity contribution in [2.75, 3.05) is 46.3 Å². The standard InChI is InChI=1S/C27H30N4O4S/c1-19-5-7-23(25(16-19)30-12-14-36(34,35)15-13-30)27(33)29-22-6-8-24-20(17-22)9-11-31(24)26(32)18-21-4-2-3-10-28-21/h2-8,10,16-17,34-35H,9,11-15,18H2,1H3,(H,29,33). The number of hydrogen-bond acceptors (Lipinski definition) is 6. The first-order chi connectivity index (χ1) is 17.3. The average molecular weight is 507 g/mol. The van der Waals surface area contributed by atoms with E-state index in [1.54, 1.807) is 11.1 Å². The minimum absolute atomic E-state index is 0.00618. The number of anilines is 3. The topological polar surface area (TPSA) is 106 Å². The van der Waals surface area contributed by atoms with E-state index in [4.69, 9.17) is 0 Å². The van der Waals surface area contributed by atoms with E-state index >= 15 is 0 Å². The lowest BCUT2D eigenvalue weighted by molar-refractivity contribution is -0.117. The second-order valence-electron chi connectivity index (χ2n) is 9.31. The van der Waals surface area contributed by atoms with Crippen LogP contribution in [0.3, 0.4) is 0 Å². The van der Waals surface area contributed by atoms with E-state index in [-0.39, 0.29) is 18.2 Å². The summed E-state index contributed by atoms with van der Waals surface area (Å²) in [6, 6.07) is 16.9. The lowest BCUT2D eigenvalue weighted by Crippen LogP contribution is -2.39. The molecule has 9 heteroatoms. The van der Waals surface area contributed by atoms with Crippen LogP contribution in [-0.2, 0) is 17.6 Å². The minimum atomic E-state index is -2.52. The molecule has 3 aromatic rings. The first kappa shape index (κ1) is 24.3. The van der Waals surface area contributed by atoms with Gasteiger partial charge in [-0.1, -0.05) is 12.1 Å². The van der Waals surface area contributed by atoms with Crippen molar-refractivity contribution in [1.82, 2.24) is 4.98 Å². The van der Waals surface area contributed by atoms with Crippen LogP contribution in [0.15, 0.2) is 60.8 Å². The van der Waals surface area contributed by atoms with Gasteiger partial charge in [-0.15, -0.1) is 0 Å². The van der Waals surface area contributed by atoms with Crippen molar-refractivity contribution in [3.8, 4) is 0 Å². The van der Waals surface area contributed by atoms with Gasteiger partial charge >= 0.3 is 0 Å². The Morgan fingerprint density at radius 3 is 2.56 bits per heavy atom. The molecule has 1 saturated heterocycles. The Bertz CT molecular complexity index is 1290. The van der Waals surface area contributed by atoms with Gasteiger partial charge in [0.2, 0.25) is 5.91 Å². The number of fused-ring (bicyclic) bond motifs is 1. The number of aromatic nitrogens is 1. The van der Waals surface area contributed by atoms with E-state index in [9.17, 15) is 18.7 Å². The summed E-state index contributed by atoms with van der Waals surface area (Å²) in [4.78, 5) is 34.2. The number of nitrogens with zero attached hydrogens (tertiary/aromatic N) is 3. The SMILES string of the molecule is Cc1ccc(C(=O)Nc2ccc3c(c2)CCN3C(=O)Cc2ccccn2)c(N2CCS(O)(O)CC2)c1. The fourth-order valence-electron chi connectivity index (χ4n) is 4.75. The molecule has 2 aromatic carbocycles. The minimum Gasteiger partial charge on any atom is -0.368 e. The Labute approximate surface area is 212 Å². The summed E-state index contributed by atoms with van der Waals surface area (Å²) in [6.45, 7) is 3.57. The first-order valence-electron chi connectivity index (χ1n) is 12.0. The smallest absolute Gasteiger partial charge is 0.257 e. The van der Waals surface area contributed by atoms with Crippen LogP contribution in [0.5, 0.6) is 0 Å². The first-order valence-corrected chi connectivity index (χ1v) is 13.9. The monoisotopic (exact) mass is 506 g/mol. The van der Waals surface area contributed by atoms with Gasteiger partial charge < -0.3 is 15.1 Å². The molecular formula is C27H30N4O4S. The van der Waals surface area contributed by atoms with Crippen molar-refractivity contribution in [2.45, 2.75) is 19.8 Å². The van der Waals surface area contributed by atoms with Gasteiger partial charge in [0.15, 0.2) is 0 Å². The Hall–Kier alpha value is -3.40. The third kappa shape index (κ3) is 5.23. The number of nitrogens with one attached hydrogen (secondary N) is 1. The Balaban J connectivity index is 1.30. The molecule has 0 aliphatic carbocycles. The van der Waals surface area contributed by atoms with E-state index in [0.717, 1.165) is 34.6 Å². The highest BCUT2D eigenvalue weighted by atomic mass is 32.3. The molecule has 0 bridgehead atoms. The van der Waals surface area contributed by atoms with Crippen molar-refractivity contribution in [1.29, 1.82) is 0 Å². The molecule has 5 rings (SSSR count). The van der Waals surface area contributed by atoms with Crippen molar-refractivity contribution in [3.05, 3.63) is 83.2 Å². The number of rotatable bonds is 5. The van der Waals surface area contributed by atoms with Crippen LogP contribution in [-0.4, -0.2) is 57.0 Å². The fraction of sp³-hybridized carbons (Fsp3) is 0.296. The molecule has 3 N–H and O–H groups in total. The summed E-state index contributed by atoms with van der Waals surface area (Å²) >= 11 is 0. The Morgan fingerprint density at radius 1 is 1.00 bits per heavy atom. The van der Waals surface area contributed by atoms with Gasteiger partial charge in [-0.3, -0.25) is 23.7 Å². The van der Waals surface area contributed by atoms with Crippen LogP contribution >= 0.6 is 10.6 Å². The van der Waals surface area contributed by atoms with Gasteiger partial charge in [0, 0.05) is 48.6 Å². The fourth-order valence-corrected chi connectivity index (χ4v) is 5.98. The van der Waals surface area contributed by atoms with Crippen LogP contribution in [0.1, 0.15) is 27.2 Å². The van der Waals surface area contributed by atoms with Crippen molar-refractivity contribution < 1.29 is 18.7 Å². The van der Waals surface area contributed by atoms with E-state index in [1.807, 2.05) is 66.4 Å². The van der Waals surface area contributed by atoms with Gasteiger partial charge in [-0.25, -0.2) is 0 Å². The molecular weight excluding hydrogens is 476 g/mol. The van der Waals surface area contributed by atoms with Crippen LogP contribution in [0, 0.1) is 6.92 Å². The van der Waals surface area contributed by atoms with Crippen LogP contribution in [0.25, 0.3) is 0 Å². The zero-order chi connectivity index (χ0) is 25.3. The largest absolute Gasteiger partial charge is 0.368 e. The maximum Gasteiger partial charge on any atom is 0.257 e. The number of hydrogen-bond donors (Lipinski definition) is 3. The maximum atomic E-state index is 13.3. The lowest BCUT2D eigenvalue weighted by atomic mass is 10.1. The van der Waals surface area contributed by atoms with Crippen LogP contribution < -0.4 is 15.1 Å². The molecule has 2 aliphatic heterocycles. The molecule has 8 nitrogen and oxygen atoms in total. The van der Waals surface area contributed by atoms with Gasteiger partial charge in [0.05, 0.1) is 23.5 Å². The number of amides is 2. The summed E-state index contributed by atoms with van der Waals surface area (Å²) in [5, 5.41) is 3.01. The van der Waals surface area contributed by atoms with Gasteiger partial charge in [-0.05, 0) is 66.9 Å². The third-order valence-corrected chi connectivity index (χ3v) is 8.38. The summed E-state index contributed by atoms with van der Waals surface area (Å²) in [5.74, 6) is 0.403. The van der Waals surface area contributed by atoms with Gasteiger partial charge in [-0.2, -0.15) is 10.6 Å². The number of aryl methyl sites for hydroxylation is 1. The summed E-state index contributed by atoms with van der Waals surface area (Å²) in [5.41, 5.74) is 5.70. The summed E-state index contributed by atoms with van der Waals surface area (Å²) < 4.78 is 20.0. The lowest BCUT2D eigenvalue weighted by Gasteiger charge is -2.42. The highest BCUT2D eigenvalue weighted by Gasteiger charge is 2.27. The average Bonchev–Trinajstić information content (AvgIpc) is 3.28. The molecule has 2 amide bonds. The summed E-state index contributed by atoms with van der Waals surface area (Å²) in [6.07, 6.45) is 2.66. The molecule has 1 aromatic heterocycles. The van der Waals surface area contributed by atoms with Crippen LogP contribution in [0.2, 0.25) is 0 Å². The van der Waals surface area contributed by atoms with E-state index < -0.39 is 10.6 Å². The zero-order valence-corrected chi connectivity index (χ0v) is 21.0. The highest BCUT2D eigenvalue weighted by Crippen LogP contribution is 2.42. The van der Waals surface area contributed by atoms with Crippen molar-refractivity contribution in [2.24, 2.45) is 0 Å². The Morgan fingerprint density at radius 2 is 1.81 bits per heavy atom. The molecule has 3 heterocycles.